The summed E-state index contributed by atoms with van der Waals surface area (Å²) in [5, 5.41) is 21.8. The molecule has 4 aromatic rings. The zero-order valence-corrected chi connectivity index (χ0v) is 21.8. The minimum Gasteiger partial charge on any atom is -0.389 e. The van der Waals surface area contributed by atoms with Crippen LogP contribution in [0.3, 0.4) is 0 Å². The first-order chi connectivity index (χ1) is 18.1. The minimum absolute atomic E-state index is 0.0106. The van der Waals surface area contributed by atoms with Crippen molar-refractivity contribution in [2.75, 3.05) is 12.0 Å². The van der Waals surface area contributed by atoms with Gasteiger partial charge in [-0.3, -0.25) is 4.79 Å². The summed E-state index contributed by atoms with van der Waals surface area (Å²) in [6.45, 7) is 1.70. The molecule has 1 aromatic carbocycles. The van der Waals surface area contributed by atoms with Crippen molar-refractivity contribution in [2.45, 2.75) is 61.6 Å². The molecule has 0 aliphatic carbocycles. The summed E-state index contributed by atoms with van der Waals surface area (Å²) in [4.78, 5) is 22.6. The van der Waals surface area contributed by atoms with Crippen LogP contribution < -0.4 is 5.73 Å². The predicted molar refractivity (Wildman–Crippen MR) is 138 cm³/mol. The van der Waals surface area contributed by atoms with E-state index in [0.29, 0.717) is 29.7 Å². The second-order valence-electron chi connectivity index (χ2n) is 10.2. The van der Waals surface area contributed by atoms with Gasteiger partial charge in [0, 0.05) is 29.8 Å². The Hall–Kier alpha value is -3.84. The fourth-order valence-corrected chi connectivity index (χ4v) is 7.04. The molecule has 12 nitrogen and oxygen atoms in total. The Kier molecular flexibility index (Phi) is 5.72. The molecule has 0 radical (unpaired) electrons. The van der Waals surface area contributed by atoms with Gasteiger partial charge in [-0.05, 0) is 43.7 Å². The Morgan fingerprint density at radius 3 is 2.45 bits per heavy atom. The highest BCUT2D eigenvalue weighted by Gasteiger charge is 2.46. The summed E-state index contributed by atoms with van der Waals surface area (Å²) in [6.07, 6.45) is 6.30. The Labute approximate surface area is 218 Å². The first-order valence-corrected chi connectivity index (χ1v) is 14.4. The highest BCUT2D eigenvalue weighted by molar-refractivity contribution is 7.91. The minimum atomic E-state index is -3.74. The van der Waals surface area contributed by atoms with Crippen molar-refractivity contribution >= 4 is 27.2 Å². The van der Waals surface area contributed by atoms with Crippen molar-refractivity contribution in [3.8, 4) is 11.1 Å². The summed E-state index contributed by atoms with van der Waals surface area (Å²) >= 11 is 0. The van der Waals surface area contributed by atoms with E-state index < -0.39 is 15.9 Å². The lowest BCUT2D eigenvalue weighted by Gasteiger charge is -2.38. The maximum atomic E-state index is 13.1. The van der Waals surface area contributed by atoms with Crippen molar-refractivity contribution in [2.24, 2.45) is 0 Å². The molecule has 5 heterocycles. The molecule has 1 amide bonds. The van der Waals surface area contributed by atoms with Crippen LogP contribution in [-0.4, -0.2) is 72.5 Å². The number of amides is 1. The highest BCUT2D eigenvalue weighted by atomic mass is 32.2. The standard InChI is InChI=1S/C25H28N8O4S/c1-13(34)14-3-5-15(6-4-14)19-11-29-33-22(26)21(38(2,36)37)20(30-24(19)33)16-9-17-7-8-18(10-16)32(17)25(35)23-27-12-28-31-23/h3-6,11-13,16-18,34H,7-10,26H2,1-2H3,(H,27,28,31)/t13?,16-,17-,18+. The average Bonchev–Trinajstić information content (AvgIpc) is 3.61. The van der Waals surface area contributed by atoms with Gasteiger partial charge in [-0.15, -0.1) is 10.2 Å². The molecule has 2 aliphatic rings. The Morgan fingerprint density at radius 1 is 1.18 bits per heavy atom. The Balaban J connectivity index is 1.43. The summed E-state index contributed by atoms with van der Waals surface area (Å²) < 4.78 is 27.3. The molecule has 4 N–H and O–H groups in total. The molecule has 198 valence electrons. The van der Waals surface area contributed by atoms with Crippen molar-refractivity contribution in [1.29, 1.82) is 0 Å². The summed E-state index contributed by atoms with van der Waals surface area (Å²) in [7, 11) is -3.74. The van der Waals surface area contributed by atoms with Gasteiger partial charge in [0.05, 0.1) is 18.0 Å². The van der Waals surface area contributed by atoms with Crippen LogP contribution in [0.15, 0.2) is 41.7 Å². The molecular weight excluding hydrogens is 508 g/mol. The molecule has 38 heavy (non-hydrogen) atoms. The molecular formula is C25H28N8O4S. The third-order valence-electron chi connectivity index (χ3n) is 7.71. The Bertz CT molecular complexity index is 1620. The quantitative estimate of drug-likeness (QED) is 0.345. The molecule has 2 aliphatic heterocycles. The van der Waals surface area contributed by atoms with Crippen molar-refractivity contribution in [3.63, 3.8) is 0 Å². The topological polar surface area (TPSA) is 172 Å². The average molecular weight is 537 g/mol. The van der Waals surface area contributed by atoms with E-state index in [0.717, 1.165) is 30.2 Å². The van der Waals surface area contributed by atoms with E-state index >= 15 is 0 Å². The number of fused-ring (bicyclic) bond motifs is 3. The maximum absolute atomic E-state index is 13.1. The Morgan fingerprint density at radius 2 is 1.87 bits per heavy atom. The van der Waals surface area contributed by atoms with Crippen molar-refractivity contribution in [1.82, 2.24) is 34.7 Å². The van der Waals surface area contributed by atoms with Gasteiger partial charge in [0.15, 0.2) is 15.5 Å². The van der Waals surface area contributed by atoms with Crippen LogP contribution in [0.25, 0.3) is 16.8 Å². The molecule has 0 spiro atoms. The van der Waals surface area contributed by atoms with Gasteiger partial charge in [0.2, 0.25) is 5.82 Å². The SMILES string of the molecule is CC(O)c1ccc(-c2cnn3c(N)c(S(C)(=O)=O)c([C@@H]4C[C@H]5CC[C@@H](C4)N5C(=O)c4nnc[nH]4)nc23)cc1. The number of sulfone groups is 1. The van der Waals surface area contributed by atoms with Gasteiger partial charge in [-0.2, -0.15) is 9.61 Å². The fourth-order valence-electron chi connectivity index (χ4n) is 5.98. The monoisotopic (exact) mass is 536 g/mol. The molecule has 2 bridgehead atoms. The van der Waals surface area contributed by atoms with Gasteiger partial charge >= 0.3 is 0 Å². The van der Waals surface area contributed by atoms with Crippen LogP contribution in [0.1, 0.15) is 66.5 Å². The number of aliphatic hydroxyl groups is 1. The van der Waals surface area contributed by atoms with E-state index in [2.05, 4.69) is 20.3 Å². The zero-order valence-electron chi connectivity index (χ0n) is 20.9. The van der Waals surface area contributed by atoms with E-state index in [1.54, 1.807) is 13.1 Å². The number of nitrogens with one attached hydrogen (secondary N) is 1. The highest BCUT2D eigenvalue weighted by Crippen LogP contribution is 2.45. The number of anilines is 1. The largest absolute Gasteiger partial charge is 0.389 e. The number of carbonyl (C=O) groups is 1. The number of aromatic amines is 1. The van der Waals surface area contributed by atoms with Gasteiger partial charge in [-0.25, -0.2) is 13.4 Å². The number of rotatable bonds is 5. The molecule has 3 aromatic heterocycles. The number of hydrogen-bond donors (Lipinski definition) is 3. The molecule has 2 fully saturated rings. The lowest BCUT2D eigenvalue weighted by Crippen LogP contribution is -2.46. The second kappa shape index (κ2) is 8.88. The number of aromatic nitrogens is 6. The first kappa shape index (κ1) is 24.5. The lowest BCUT2D eigenvalue weighted by atomic mass is 9.87. The zero-order chi connectivity index (χ0) is 26.8. The molecule has 1 unspecified atom stereocenters. The number of H-pyrrole nitrogens is 1. The number of carbonyl (C=O) groups excluding carboxylic acids is 1. The van der Waals surface area contributed by atoms with Crippen LogP contribution in [0.2, 0.25) is 0 Å². The normalized spacial score (nSPS) is 22.2. The summed E-state index contributed by atoms with van der Waals surface area (Å²) in [5.74, 6) is -0.180. The number of hydrogen-bond acceptors (Lipinski definition) is 9. The maximum Gasteiger partial charge on any atom is 0.292 e. The van der Waals surface area contributed by atoms with Gasteiger partial charge < -0.3 is 20.7 Å². The molecule has 2 saturated heterocycles. The van der Waals surface area contributed by atoms with Crippen LogP contribution in [-0.2, 0) is 9.84 Å². The van der Waals surface area contributed by atoms with E-state index in [1.807, 2.05) is 29.2 Å². The van der Waals surface area contributed by atoms with Crippen LogP contribution in [0.4, 0.5) is 5.82 Å². The van der Waals surface area contributed by atoms with Crippen LogP contribution >= 0.6 is 0 Å². The number of nitrogens with zero attached hydrogens (tertiary/aromatic N) is 6. The number of aliphatic hydroxyl groups excluding tert-OH is 1. The summed E-state index contributed by atoms with van der Waals surface area (Å²) in [6, 6.07) is 7.26. The third-order valence-corrected chi connectivity index (χ3v) is 8.87. The van der Waals surface area contributed by atoms with E-state index in [9.17, 15) is 18.3 Å². The van der Waals surface area contributed by atoms with Crippen molar-refractivity contribution < 1.29 is 18.3 Å². The predicted octanol–water partition coefficient (Wildman–Crippen LogP) is 2.10. The molecule has 13 heteroatoms. The molecule has 4 atom stereocenters. The van der Waals surface area contributed by atoms with E-state index in [4.69, 9.17) is 10.7 Å². The molecule has 0 saturated carbocycles. The lowest BCUT2D eigenvalue weighted by molar-refractivity contribution is 0.0556. The van der Waals surface area contributed by atoms with Crippen LogP contribution in [0.5, 0.6) is 0 Å². The number of nitrogen functional groups attached to an aromatic ring is 1. The molecule has 6 rings (SSSR count). The number of nitrogens with two attached hydrogens (primary N) is 1. The number of piperidine rings is 1. The van der Waals surface area contributed by atoms with Gasteiger partial charge in [0.25, 0.3) is 5.91 Å². The third kappa shape index (κ3) is 3.93. The van der Waals surface area contributed by atoms with Crippen LogP contribution in [0, 0.1) is 0 Å². The van der Waals surface area contributed by atoms with E-state index in [1.165, 1.54) is 10.8 Å². The van der Waals surface area contributed by atoms with Crippen molar-refractivity contribution in [3.05, 3.63) is 53.9 Å². The van der Waals surface area contributed by atoms with E-state index in [-0.39, 0.29) is 40.4 Å². The number of benzene rings is 1. The van der Waals surface area contributed by atoms with Gasteiger partial charge in [-0.1, -0.05) is 24.3 Å². The smallest absolute Gasteiger partial charge is 0.292 e. The fraction of sp³-hybridized carbons (Fsp3) is 0.400. The second-order valence-corrected chi connectivity index (χ2v) is 12.1. The van der Waals surface area contributed by atoms with Gasteiger partial charge in [0.1, 0.15) is 17.0 Å². The first-order valence-electron chi connectivity index (χ1n) is 12.5. The summed E-state index contributed by atoms with van der Waals surface area (Å²) in [5.41, 5.74) is 9.64.